The number of ether oxygens (including phenoxy) is 1. The zero-order valence-corrected chi connectivity index (χ0v) is 12.2. The molecule has 0 radical (unpaired) electrons. The minimum Gasteiger partial charge on any atom is -0.488 e. The van der Waals surface area contributed by atoms with Crippen LogP contribution in [-0.4, -0.2) is 6.54 Å². The Morgan fingerprint density at radius 1 is 1.10 bits per heavy atom. The molecule has 2 N–H and O–H groups in total. The highest BCUT2D eigenvalue weighted by atomic mass is 19.1. The minimum absolute atomic E-state index is 0.229. The third kappa shape index (κ3) is 4.08. The maximum atomic E-state index is 13.3. The van der Waals surface area contributed by atoms with E-state index in [1.165, 1.54) is 23.3 Å². The van der Waals surface area contributed by atoms with Gasteiger partial charge in [0.15, 0.2) is 0 Å². The van der Waals surface area contributed by atoms with E-state index in [2.05, 4.69) is 37.8 Å². The average molecular weight is 283 g/mol. The molecule has 2 nitrogen and oxygen atoms in total. The molecule has 21 heavy (non-hydrogen) atoms. The van der Waals surface area contributed by atoms with E-state index in [1.807, 2.05) is 6.07 Å². The van der Waals surface area contributed by atoms with Gasteiger partial charge in [-0.1, -0.05) is 30.0 Å². The molecule has 2 aromatic rings. The Kier molecular flexibility index (Phi) is 4.97. The van der Waals surface area contributed by atoms with Gasteiger partial charge in [-0.2, -0.15) is 0 Å². The molecule has 0 spiro atoms. The summed E-state index contributed by atoms with van der Waals surface area (Å²) in [7, 11) is 0. The first-order valence-electron chi connectivity index (χ1n) is 6.77. The van der Waals surface area contributed by atoms with E-state index in [1.54, 1.807) is 6.07 Å². The van der Waals surface area contributed by atoms with Gasteiger partial charge in [-0.25, -0.2) is 4.39 Å². The number of hydrogen-bond acceptors (Lipinski definition) is 2. The zero-order valence-electron chi connectivity index (χ0n) is 12.2. The topological polar surface area (TPSA) is 35.2 Å². The molecule has 0 bridgehead atoms. The molecule has 0 aromatic heterocycles. The van der Waals surface area contributed by atoms with E-state index in [0.29, 0.717) is 17.9 Å². The van der Waals surface area contributed by atoms with Gasteiger partial charge in [-0.3, -0.25) is 0 Å². The van der Waals surface area contributed by atoms with Crippen molar-refractivity contribution < 1.29 is 9.13 Å². The summed E-state index contributed by atoms with van der Waals surface area (Å²) in [6.07, 6.45) is 0. The lowest BCUT2D eigenvalue weighted by Gasteiger charge is -2.10. The van der Waals surface area contributed by atoms with Gasteiger partial charge in [0, 0.05) is 0 Å². The van der Waals surface area contributed by atoms with E-state index in [9.17, 15) is 4.39 Å². The summed E-state index contributed by atoms with van der Waals surface area (Å²) < 4.78 is 19.0. The maximum Gasteiger partial charge on any atom is 0.135 e. The predicted molar refractivity (Wildman–Crippen MR) is 82.6 cm³/mol. The Bertz CT molecular complexity index is 698. The van der Waals surface area contributed by atoms with Crippen molar-refractivity contribution in [3.05, 3.63) is 64.5 Å². The van der Waals surface area contributed by atoms with Crippen LogP contribution in [0.15, 0.2) is 36.4 Å². The van der Waals surface area contributed by atoms with E-state index in [-0.39, 0.29) is 12.4 Å². The Morgan fingerprint density at radius 2 is 1.90 bits per heavy atom. The van der Waals surface area contributed by atoms with E-state index in [4.69, 9.17) is 10.5 Å². The highest BCUT2D eigenvalue weighted by Gasteiger charge is 2.04. The molecule has 2 aromatic carbocycles. The lowest BCUT2D eigenvalue weighted by atomic mass is 10.1. The van der Waals surface area contributed by atoms with Gasteiger partial charge >= 0.3 is 0 Å². The number of benzene rings is 2. The molecule has 3 heteroatoms. The van der Waals surface area contributed by atoms with Crippen LogP contribution in [0, 0.1) is 31.5 Å². The highest BCUT2D eigenvalue weighted by molar-refractivity contribution is 5.46. The summed E-state index contributed by atoms with van der Waals surface area (Å²) in [5, 5.41) is 0. The van der Waals surface area contributed by atoms with Crippen molar-refractivity contribution in [3.8, 4) is 17.6 Å². The SMILES string of the molecule is Cc1ccc(COc2ccc(F)cc2C#CCN)cc1C. The third-order valence-corrected chi connectivity index (χ3v) is 3.23. The smallest absolute Gasteiger partial charge is 0.135 e. The van der Waals surface area contributed by atoms with Crippen LogP contribution < -0.4 is 10.5 Å². The Balaban J connectivity index is 2.17. The first kappa shape index (κ1) is 15.1. The second kappa shape index (κ2) is 6.92. The van der Waals surface area contributed by atoms with Crippen LogP contribution in [0.25, 0.3) is 0 Å². The molecule has 0 unspecified atom stereocenters. The number of nitrogens with two attached hydrogens (primary N) is 1. The van der Waals surface area contributed by atoms with Crippen LogP contribution in [0.4, 0.5) is 4.39 Å². The van der Waals surface area contributed by atoms with Crippen LogP contribution in [0.2, 0.25) is 0 Å². The second-order valence-electron chi connectivity index (χ2n) is 4.85. The summed E-state index contributed by atoms with van der Waals surface area (Å²) in [4.78, 5) is 0. The number of hydrogen-bond donors (Lipinski definition) is 1. The lowest BCUT2D eigenvalue weighted by Crippen LogP contribution is -1.99. The van der Waals surface area contributed by atoms with Crippen molar-refractivity contribution in [3.63, 3.8) is 0 Å². The molecule has 2 rings (SSSR count). The van der Waals surface area contributed by atoms with Gasteiger partial charge in [0.2, 0.25) is 0 Å². The van der Waals surface area contributed by atoms with Crippen LogP contribution >= 0.6 is 0 Å². The van der Waals surface area contributed by atoms with Crippen molar-refractivity contribution in [2.75, 3.05) is 6.54 Å². The van der Waals surface area contributed by atoms with Gasteiger partial charge in [-0.15, -0.1) is 0 Å². The monoisotopic (exact) mass is 283 g/mol. The number of rotatable bonds is 3. The summed E-state index contributed by atoms with van der Waals surface area (Å²) in [5.74, 6) is 5.78. The van der Waals surface area contributed by atoms with Crippen molar-refractivity contribution in [1.82, 2.24) is 0 Å². The maximum absolute atomic E-state index is 13.3. The third-order valence-electron chi connectivity index (χ3n) is 3.23. The van der Waals surface area contributed by atoms with E-state index in [0.717, 1.165) is 5.56 Å². The first-order valence-corrected chi connectivity index (χ1v) is 6.77. The van der Waals surface area contributed by atoms with Crippen molar-refractivity contribution in [2.45, 2.75) is 20.5 Å². The molecule has 0 aliphatic heterocycles. The van der Waals surface area contributed by atoms with Crippen LogP contribution in [0.5, 0.6) is 5.75 Å². The second-order valence-corrected chi connectivity index (χ2v) is 4.85. The molecule has 0 aliphatic carbocycles. The Morgan fingerprint density at radius 3 is 2.62 bits per heavy atom. The van der Waals surface area contributed by atoms with Gasteiger partial charge < -0.3 is 10.5 Å². The largest absolute Gasteiger partial charge is 0.488 e. The Hall–Kier alpha value is -2.31. The summed E-state index contributed by atoms with van der Waals surface area (Å²) >= 11 is 0. The molecule has 0 saturated carbocycles. The number of halogens is 1. The van der Waals surface area contributed by atoms with E-state index < -0.39 is 0 Å². The summed E-state index contributed by atoms with van der Waals surface area (Å²) in [6.45, 7) is 4.78. The highest BCUT2D eigenvalue weighted by Crippen LogP contribution is 2.20. The number of aryl methyl sites for hydroxylation is 2. The molecule has 0 fully saturated rings. The van der Waals surface area contributed by atoms with Crippen LogP contribution in [-0.2, 0) is 6.61 Å². The fraction of sp³-hybridized carbons (Fsp3) is 0.222. The van der Waals surface area contributed by atoms with Gasteiger partial charge in [-0.05, 0) is 48.7 Å². The van der Waals surface area contributed by atoms with Crippen molar-refractivity contribution in [2.24, 2.45) is 5.73 Å². The van der Waals surface area contributed by atoms with Gasteiger partial charge in [0.05, 0.1) is 12.1 Å². The predicted octanol–water partition coefficient (Wildman–Crippen LogP) is 3.33. The normalized spacial score (nSPS) is 9.90. The molecule has 0 aliphatic rings. The molecular formula is C18H18FNO. The molecule has 108 valence electrons. The fourth-order valence-electron chi connectivity index (χ4n) is 1.93. The summed E-state index contributed by atoms with van der Waals surface area (Å²) in [6, 6.07) is 10.5. The molecule has 0 saturated heterocycles. The fourth-order valence-corrected chi connectivity index (χ4v) is 1.93. The molecule has 0 amide bonds. The van der Waals surface area contributed by atoms with Crippen LogP contribution in [0.1, 0.15) is 22.3 Å². The average Bonchev–Trinajstić information content (AvgIpc) is 2.47. The van der Waals surface area contributed by atoms with Crippen molar-refractivity contribution in [1.29, 1.82) is 0 Å². The Labute approximate surface area is 124 Å². The van der Waals surface area contributed by atoms with Crippen molar-refractivity contribution >= 4 is 0 Å². The van der Waals surface area contributed by atoms with Crippen LogP contribution in [0.3, 0.4) is 0 Å². The van der Waals surface area contributed by atoms with Gasteiger partial charge in [0.25, 0.3) is 0 Å². The quantitative estimate of drug-likeness (QED) is 0.877. The zero-order chi connectivity index (χ0) is 15.2. The van der Waals surface area contributed by atoms with Gasteiger partial charge in [0.1, 0.15) is 18.2 Å². The summed E-state index contributed by atoms with van der Waals surface area (Å²) in [5.41, 5.74) is 9.41. The van der Waals surface area contributed by atoms with E-state index >= 15 is 0 Å². The minimum atomic E-state index is -0.338. The standard InChI is InChI=1S/C18H18FNO/c1-13-5-6-15(10-14(13)2)12-21-18-8-7-17(19)11-16(18)4-3-9-20/h5-8,10-11H,9,12,20H2,1-2H3. The first-order chi connectivity index (χ1) is 10.1. The lowest BCUT2D eigenvalue weighted by molar-refractivity contribution is 0.305. The molecular weight excluding hydrogens is 265 g/mol. The molecule has 0 atom stereocenters. The molecule has 0 heterocycles.